The summed E-state index contributed by atoms with van der Waals surface area (Å²) in [5.74, 6) is 0. The lowest BCUT2D eigenvalue weighted by atomic mass is 9.97. The fourth-order valence-electron chi connectivity index (χ4n) is 3.86. The average molecular weight is 424 g/mol. The number of nitrogens with two attached hydrogens (primary N) is 1. The monoisotopic (exact) mass is 423 g/mol. The quantitative estimate of drug-likeness (QED) is 0.621. The van der Waals surface area contributed by atoms with E-state index >= 15 is 0 Å². The molecule has 3 rings (SSSR count). The lowest BCUT2D eigenvalue weighted by molar-refractivity contribution is -0.0878. The van der Waals surface area contributed by atoms with E-state index in [0.717, 1.165) is 29.9 Å². The summed E-state index contributed by atoms with van der Waals surface area (Å²) in [4.78, 5) is 2.31. The van der Waals surface area contributed by atoms with Crippen molar-refractivity contribution in [3.05, 3.63) is 70.6 Å². The first-order valence-corrected chi connectivity index (χ1v) is 9.87. The van der Waals surface area contributed by atoms with Gasteiger partial charge in [0.2, 0.25) is 0 Å². The number of rotatable bonds is 5. The molecule has 156 valence electrons. The Morgan fingerprint density at radius 3 is 2.72 bits per heavy atom. The number of hydrogen-bond acceptors (Lipinski definition) is 2. The van der Waals surface area contributed by atoms with Gasteiger partial charge in [-0.1, -0.05) is 30.3 Å². The second-order valence-corrected chi connectivity index (χ2v) is 7.86. The summed E-state index contributed by atoms with van der Waals surface area (Å²) in [6.07, 6.45) is 0.699. The van der Waals surface area contributed by atoms with Crippen LogP contribution in [-0.2, 0) is 13.0 Å². The zero-order chi connectivity index (χ0) is 21.3. The predicted octanol–water partition coefficient (Wildman–Crippen LogP) is 5.75. The van der Waals surface area contributed by atoms with Crippen LogP contribution < -0.4 is 5.73 Å². The highest BCUT2D eigenvalue weighted by Crippen LogP contribution is 2.38. The van der Waals surface area contributed by atoms with Crippen LogP contribution in [0.5, 0.6) is 0 Å². The van der Waals surface area contributed by atoms with Crippen molar-refractivity contribution in [1.82, 2.24) is 9.47 Å². The highest BCUT2D eigenvalue weighted by atomic mass is 35.5. The molecule has 0 saturated carbocycles. The van der Waals surface area contributed by atoms with Crippen molar-refractivity contribution in [1.29, 1.82) is 0 Å². The molecule has 2 N–H and O–H groups in total. The molecule has 2 aromatic rings. The summed E-state index contributed by atoms with van der Waals surface area (Å²) >= 11 is 6.25. The van der Waals surface area contributed by atoms with Gasteiger partial charge in [0.25, 0.3) is 0 Å². The van der Waals surface area contributed by atoms with Gasteiger partial charge in [-0.25, -0.2) is 0 Å². The lowest BCUT2D eigenvalue weighted by Crippen LogP contribution is -2.31. The van der Waals surface area contributed by atoms with E-state index in [-0.39, 0.29) is 6.04 Å². The van der Waals surface area contributed by atoms with Gasteiger partial charge in [-0.05, 0) is 55.9 Å². The second kappa shape index (κ2) is 8.28. The Bertz CT molecular complexity index is 985. The first-order valence-electron chi connectivity index (χ1n) is 9.49. The number of aromatic nitrogens is 1. The maximum absolute atomic E-state index is 12.7. The molecule has 1 aliphatic heterocycles. The molecule has 0 saturated heterocycles. The summed E-state index contributed by atoms with van der Waals surface area (Å²) < 4.78 is 40.2. The molecule has 1 unspecified atom stereocenters. The molecule has 0 radical (unpaired) electrons. The fraction of sp³-hybridized carbons (Fsp3) is 0.364. The van der Waals surface area contributed by atoms with Crippen LogP contribution in [0.2, 0.25) is 5.02 Å². The number of aryl methyl sites for hydroxylation is 1. The summed E-state index contributed by atoms with van der Waals surface area (Å²) in [6, 6.07) is 6.14. The first-order chi connectivity index (χ1) is 13.6. The van der Waals surface area contributed by atoms with E-state index in [1.807, 2.05) is 18.2 Å². The Hall–Kier alpha value is -2.18. The van der Waals surface area contributed by atoms with E-state index in [0.29, 0.717) is 23.6 Å². The van der Waals surface area contributed by atoms with Crippen LogP contribution in [-0.4, -0.2) is 29.2 Å². The van der Waals surface area contributed by atoms with E-state index in [9.17, 15) is 13.2 Å². The van der Waals surface area contributed by atoms with E-state index in [2.05, 4.69) is 30.0 Å². The molecule has 3 nitrogen and oxygen atoms in total. The van der Waals surface area contributed by atoms with Crippen LogP contribution in [0.3, 0.4) is 0 Å². The number of likely N-dealkylation sites (N-methyl/N-ethyl adjacent to an activating group) is 1. The van der Waals surface area contributed by atoms with Gasteiger partial charge in [0.05, 0.1) is 0 Å². The highest BCUT2D eigenvalue weighted by Gasteiger charge is 2.30. The number of fused-ring (bicyclic) bond motifs is 3. The molecule has 0 spiro atoms. The van der Waals surface area contributed by atoms with Gasteiger partial charge in [0.15, 0.2) is 0 Å². The Kier molecular flexibility index (Phi) is 6.15. The molecule has 1 aromatic carbocycles. The smallest absolute Gasteiger partial charge is 0.404 e. The lowest BCUT2D eigenvalue weighted by Gasteiger charge is -2.31. The van der Waals surface area contributed by atoms with Crippen molar-refractivity contribution in [2.45, 2.75) is 38.5 Å². The standard InChI is InChI=1S/C22H25ClF3N3/c1-14(22(24,25)26)4-5-16(13-27)8-11-29-19-7-6-17(23)12-18(19)21-15(2)28(3)10-9-20(21)29/h4-7,12-13,15H,1,8-11,27H2,2-3H3/b5-4-,16-13+. The van der Waals surface area contributed by atoms with E-state index in [1.165, 1.54) is 23.5 Å². The Morgan fingerprint density at radius 1 is 1.34 bits per heavy atom. The average Bonchev–Trinajstić information content (AvgIpc) is 2.97. The van der Waals surface area contributed by atoms with Gasteiger partial charge in [-0.15, -0.1) is 0 Å². The molecule has 0 fully saturated rings. The maximum atomic E-state index is 12.7. The largest absolute Gasteiger partial charge is 0.415 e. The summed E-state index contributed by atoms with van der Waals surface area (Å²) in [7, 11) is 2.11. The minimum atomic E-state index is -4.44. The number of nitrogens with zero attached hydrogens (tertiary/aromatic N) is 2. The van der Waals surface area contributed by atoms with Gasteiger partial charge in [-0.3, -0.25) is 4.90 Å². The molecule has 1 aliphatic rings. The van der Waals surface area contributed by atoms with Crippen LogP contribution in [0.15, 0.2) is 54.3 Å². The van der Waals surface area contributed by atoms with Crippen molar-refractivity contribution < 1.29 is 13.2 Å². The van der Waals surface area contributed by atoms with Crippen molar-refractivity contribution in [3.8, 4) is 0 Å². The molecule has 1 atom stereocenters. The number of allylic oxidation sites excluding steroid dienone is 4. The van der Waals surface area contributed by atoms with Crippen LogP contribution in [0.4, 0.5) is 13.2 Å². The van der Waals surface area contributed by atoms with Gasteiger partial charge in [0.1, 0.15) is 0 Å². The molecule has 7 heteroatoms. The van der Waals surface area contributed by atoms with E-state index in [1.54, 1.807) is 0 Å². The number of benzene rings is 1. The molecular weight excluding hydrogens is 399 g/mol. The molecule has 29 heavy (non-hydrogen) atoms. The first kappa shape index (κ1) is 21.5. The Morgan fingerprint density at radius 2 is 2.07 bits per heavy atom. The number of alkyl halides is 3. The third-order valence-corrected chi connectivity index (χ3v) is 5.89. The molecule has 1 aromatic heterocycles. The van der Waals surface area contributed by atoms with Crippen molar-refractivity contribution in [3.63, 3.8) is 0 Å². The minimum Gasteiger partial charge on any atom is -0.404 e. The van der Waals surface area contributed by atoms with Crippen molar-refractivity contribution in [2.75, 3.05) is 13.6 Å². The van der Waals surface area contributed by atoms with E-state index in [4.69, 9.17) is 17.3 Å². The van der Waals surface area contributed by atoms with Crippen LogP contribution >= 0.6 is 11.6 Å². The number of halogens is 4. The summed E-state index contributed by atoms with van der Waals surface area (Å²) in [5, 5.41) is 1.82. The zero-order valence-corrected chi connectivity index (χ0v) is 17.3. The van der Waals surface area contributed by atoms with Crippen LogP contribution in [0.1, 0.15) is 30.6 Å². The third kappa shape index (κ3) is 4.38. The molecule has 2 heterocycles. The fourth-order valence-corrected chi connectivity index (χ4v) is 4.03. The Labute approximate surface area is 173 Å². The minimum absolute atomic E-state index is 0.264. The summed E-state index contributed by atoms with van der Waals surface area (Å²) in [6.45, 7) is 6.81. The van der Waals surface area contributed by atoms with Gasteiger partial charge in [0, 0.05) is 52.7 Å². The zero-order valence-electron chi connectivity index (χ0n) is 16.6. The molecular formula is C22H25ClF3N3. The van der Waals surface area contributed by atoms with Crippen LogP contribution in [0, 0.1) is 0 Å². The van der Waals surface area contributed by atoms with Crippen molar-refractivity contribution >= 4 is 22.5 Å². The Balaban J connectivity index is 1.91. The number of hydrogen-bond donors (Lipinski definition) is 1. The third-order valence-electron chi connectivity index (χ3n) is 5.66. The predicted molar refractivity (Wildman–Crippen MR) is 113 cm³/mol. The van der Waals surface area contributed by atoms with E-state index < -0.39 is 11.7 Å². The molecule has 0 bridgehead atoms. The topological polar surface area (TPSA) is 34.2 Å². The summed E-state index contributed by atoms with van der Waals surface area (Å²) in [5.41, 5.74) is 9.01. The molecule has 0 amide bonds. The second-order valence-electron chi connectivity index (χ2n) is 7.43. The van der Waals surface area contributed by atoms with Gasteiger partial charge in [-0.2, -0.15) is 13.2 Å². The highest BCUT2D eigenvalue weighted by molar-refractivity contribution is 6.31. The SMILES string of the molecule is C=C(/C=C\C(=C/N)CCn1c2c(c3cc(Cl)ccc31)C(C)N(C)CC2)C(F)(F)F. The normalized spacial score (nSPS) is 18.6. The van der Waals surface area contributed by atoms with Gasteiger partial charge < -0.3 is 10.3 Å². The van der Waals surface area contributed by atoms with Gasteiger partial charge >= 0.3 is 6.18 Å². The maximum Gasteiger partial charge on any atom is 0.415 e. The molecule has 0 aliphatic carbocycles. The van der Waals surface area contributed by atoms with Crippen molar-refractivity contribution in [2.24, 2.45) is 5.73 Å². The van der Waals surface area contributed by atoms with Crippen LogP contribution in [0.25, 0.3) is 10.9 Å².